The van der Waals surface area contributed by atoms with E-state index in [1.807, 2.05) is 25.1 Å². The minimum absolute atomic E-state index is 0.169. The van der Waals surface area contributed by atoms with E-state index in [2.05, 4.69) is 31.2 Å². The molecule has 0 saturated carbocycles. The van der Waals surface area contributed by atoms with E-state index < -0.39 is 5.97 Å². The van der Waals surface area contributed by atoms with Gasteiger partial charge in [-0.05, 0) is 25.0 Å². The van der Waals surface area contributed by atoms with Crippen LogP contribution in [0.1, 0.15) is 22.3 Å². The Hall–Kier alpha value is -2.20. The van der Waals surface area contributed by atoms with Gasteiger partial charge in [0.1, 0.15) is 5.57 Å². The number of aliphatic carboxylic acids is 1. The van der Waals surface area contributed by atoms with Crippen LogP contribution in [0.3, 0.4) is 0 Å². The number of carboxylic acids is 1. The van der Waals surface area contributed by atoms with Gasteiger partial charge in [-0.15, -0.1) is 11.8 Å². The molecule has 3 nitrogen and oxygen atoms in total. The van der Waals surface area contributed by atoms with E-state index >= 15 is 0 Å². The fourth-order valence-electron chi connectivity index (χ4n) is 2.24. The standard InChI is InChI=1S/C19H20O3S/c1-13-7-9-15(10-8-13)12-23-18-14(2)5-4-6-16(18)17(11-22-3)19(20)21/h4-11H,12H2,1-3H3,(H,20,21). The van der Waals surface area contributed by atoms with E-state index in [0.29, 0.717) is 5.56 Å². The van der Waals surface area contributed by atoms with Gasteiger partial charge < -0.3 is 9.84 Å². The number of benzene rings is 2. The first-order chi connectivity index (χ1) is 11.0. The van der Waals surface area contributed by atoms with E-state index in [4.69, 9.17) is 4.74 Å². The van der Waals surface area contributed by atoms with E-state index in [-0.39, 0.29) is 5.57 Å². The molecule has 1 N–H and O–H groups in total. The van der Waals surface area contributed by atoms with Gasteiger partial charge in [0.15, 0.2) is 0 Å². The van der Waals surface area contributed by atoms with Crippen molar-refractivity contribution in [3.05, 3.63) is 71.0 Å². The van der Waals surface area contributed by atoms with Gasteiger partial charge in [-0.3, -0.25) is 0 Å². The molecule has 0 aliphatic heterocycles. The quantitative estimate of drug-likeness (QED) is 0.475. The summed E-state index contributed by atoms with van der Waals surface area (Å²) in [5.74, 6) is -0.201. The SMILES string of the molecule is COC=C(C(=O)O)c1cccc(C)c1SCc1ccc(C)cc1. The van der Waals surface area contributed by atoms with Crippen LogP contribution in [0.25, 0.3) is 5.57 Å². The molecule has 0 aliphatic rings. The number of hydrogen-bond acceptors (Lipinski definition) is 3. The lowest BCUT2D eigenvalue weighted by molar-refractivity contribution is -0.130. The van der Waals surface area contributed by atoms with Crippen LogP contribution in [-0.2, 0) is 15.3 Å². The Morgan fingerprint density at radius 3 is 2.48 bits per heavy atom. The number of rotatable bonds is 6. The second-order valence-electron chi connectivity index (χ2n) is 5.30. The first kappa shape index (κ1) is 17.2. The molecule has 2 aromatic carbocycles. The number of carboxylic acid groups (broad SMARTS) is 1. The normalized spacial score (nSPS) is 11.3. The molecule has 0 saturated heterocycles. The second-order valence-corrected chi connectivity index (χ2v) is 6.28. The Balaban J connectivity index is 2.32. The predicted octanol–water partition coefficient (Wildman–Crippen LogP) is 4.67. The molecular formula is C19H20O3S. The van der Waals surface area contributed by atoms with Gasteiger partial charge in [-0.25, -0.2) is 4.79 Å². The topological polar surface area (TPSA) is 46.5 Å². The smallest absolute Gasteiger partial charge is 0.339 e. The Bertz CT molecular complexity index is 718. The van der Waals surface area contributed by atoms with Crippen LogP contribution >= 0.6 is 11.8 Å². The lowest BCUT2D eigenvalue weighted by Crippen LogP contribution is -2.03. The molecule has 0 unspecified atom stereocenters. The summed E-state index contributed by atoms with van der Waals surface area (Å²) in [6.45, 7) is 4.05. The summed E-state index contributed by atoms with van der Waals surface area (Å²) < 4.78 is 4.94. The summed E-state index contributed by atoms with van der Waals surface area (Å²) >= 11 is 1.64. The molecular weight excluding hydrogens is 308 g/mol. The first-order valence-electron chi connectivity index (χ1n) is 7.27. The Morgan fingerprint density at radius 2 is 1.87 bits per heavy atom. The Morgan fingerprint density at radius 1 is 1.17 bits per heavy atom. The highest BCUT2D eigenvalue weighted by Gasteiger charge is 2.17. The molecule has 2 rings (SSSR count). The van der Waals surface area contributed by atoms with Gasteiger partial charge in [0.05, 0.1) is 13.4 Å². The lowest BCUT2D eigenvalue weighted by Gasteiger charge is -2.13. The summed E-state index contributed by atoms with van der Waals surface area (Å²) in [6, 6.07) is 14.1. The molecule has 0 radical (unpaired) electrons. The van der Waals surface area contributed by atoms with Crippen LogP contribution in [0.2, 0.25) is 0 Å². The average molecular weight is 328 g/mol. The minimum atomic E-state index is -0.991. The van der Waals surface area contributed by atoms with Crippen LogP contribution < -0.4 is 0 Å². The zero-order chi connectivity index (χ0) is 16.8. The molecule has 2 aromatic rings. The highest BCUT2D eigenvalue weighted by atomic mass is 32.2. The maximum Gasteiger partial charge on any atom is 0.339 e. The van der Waals surface area contributed by atoms with Crippen molar-refractivity contribution in [2.75, 3.05) is 7.11 Å². The van der Waals surface area contributed by atoms with Gasteiger partial charge in [0.2, 0.25) is 0 Å². The Kier molecular flexibility index (Phi) is 5.88. The summed E-state index contributed by atoms with van der Waals surface area (Å²) in [6.07, 6.45) is 1.28. The minimum Gasteiger partial charge on any atom is -0.503 e. The van der Waals surface area contributed by atoms with E-state index in [1.54, 1.807) is 11.8 Å². The molecule has 120 valence electrons. The van der Waals surface area contributed by atoms with E-state index in [9.17, 15) is 9.90 Å². The number of ether oxygens (including phenoxy) is 1. The first-order valence-corrected chi connectivity index (χ1v) is 8.26. The summed E-state index contributed by atoms with van der Waals surface area (Å²) in [7, 11) is 1.46. The van der Waals surface area contributed by atoms with Gasteiger partial charge >= 0.3 is 5.97 Å². The van der Waals surface area contributed by atoms with Crippen LogP contribution in [0.5, 0.6) is 0 Å². The van der Waals surface area contributed by atoms with Gasteiger partial charge in [-0.2, -0.15) is 0 Å². The molecule has 4 heteroatoms. The maximum absolute atomic E-state index is 11.5. The van der Waals surface area contributed by atoms with Crippen molar-refractivity contribution < 1.29 is 14.6 Å². The molecule has 0 bridgehead atoms. The number of aryl methyl sites for hydroxylation is 2. The number of hydrogen-bond donors (Lipinski definition) is 1. The largest absolute Gasteiger partial charge is 0.503 e. The predicted molar refractivity (Wildman–Crippen MR) is 94.5 cm³/mol. The third-order valence-electron chi connectivity index (χ3n) is 3.47. The zero-order valence-electron chi connectivity index (χ0n) is 13.5. The van der Waals surface area contributed by atoms with Crippen molar-refractivity contribution >= 4 is 23.3 Å². The van der Waals surface area contributed by atoms with Crippen molar-refractivity contribution in [1.82, 2.24) is 0 Å². The average Bonchev–Trinajstić information content (AvgIpc) is 2.52. The lowest BCUT2D eigenvalue weighted by atomic mass is 10.0. The number of thioether (sulfide) groups is 1. The molecule has 0 fully saturated rings. The highest BCUT2D eigenvalue weighted by molar-refractivity contribution is 7.98. The van der Waals surface area contributed by atoms with Crippen LogP contribution in [-0.4, -0.2) is 18.2 Å². The van der Waals surface area contributed by atoms with Crippen molar-refractivity contribution in [2.24, 2.45) is 0 Å². The van der Waals surface area contributed by atoms with Gasteiger partial charge in [-0.1, -0.05) is 48.0 Å². The molecule has 0 aromatic heterocycles. The fourth-order valence-corrected chi connectivity index (χ4v) is 3.38. The summed E-state index contributed by atoms with van der Waals surface area (Å²) in [5.41, 5.74) is 4.36. The molecule has 0 spiro atoms. The highest BCUT2D eigenvalue weighted by Crippen LogP contribution is 2.33. The monoisotopic (exact) mass is 328 g/mol. The van der Waals surface area contributed by atoms with Crippen molar-refractivity contribution in [1.29, 1.82) is 0 Å². The second kappa shape index (κ2) is 7.88. The maximum atomic E-state index is 11.5. The number of methoxy groups -OCH3 is 1. The zero-order valence-corrected chi connectivity index (χ0v) is 14.3. The van der Waals surface area contributed by atoms with Gasteiger partial charge in [0.25, 0.3) is 0 Å². The Labute approximate surface area is 141 Å². The van der Waals surface area contributed by atoms with Crippen LogP contribution in [0.4, 0.5) is 0 Å². The molecule has 0 amide bonds. The molecule has 0 aliphatic carbocycles. The van der Waals surface area contributed by atoms with Crippen molar-refractivity contribution in [2.45, 2.75) is 24.5 Å². The fraction of sp³-hybridized carbons (Fsp3) is 0.211. The summed E-state index contributed by atoms with van der Waals surface area (Å²) in [5, 5.41) is 9.43. The van der Waals surface area contributed by atoms with Gasteiger partial charge in [0, 0.05) is 16.2 Å². The van der Waals surface area contributed by atoms with Crippen LogP contribution in [0.15, 0.2) is 53.6 Å². The van der Waals surface area contributed by atoms with Crippen LogP contribution in [0, 0.1) is 13.8 Å². The summed E-state index contributed by atoms with van der Waals surface area (Å²) in [4.78, 5) is 12.5. The molecule has 0 atom stereocenters. The van der Waals surface area contributed by atoms with Crippen molar-refractivity contribution in [3.8, 4) is 0 Å². The molecule has 0 heterocycles. The third-order valence-corrected chi connectivity index (χ3v) is 4.78. The molecule has 23 heavy (non-hydrogen) atoms. The van der Waals surface area contributed by atoms with Crippen molar-refractivity contribution in [3.63, 3.8) is 0 Å². The number of carbonyl (C=O) groups is 1. The third kappa shape index (κ3) is 4.39. The van der Waals surface area contributed by atoms with E-state index in [0.717, 1.165) is 16.2 Å². The van der Waals surface area contributed by atoms with E-state index in [1.165, 1.54) is 24.5 Å².